The first-order valence-electron chi connectivity index (χ1n) is 4.94. The Kier molecular flexibility index (Phi) is 6.44. The van der Waals surface area contributed by atoms with E-state index in [4.69, 9.17) is 4.74 Å². The van der Waals surface area contributed by atoms with E-state index in [0.29, 0.717) is 6.61 Å². The van der Waals surface area contributed by atoms with Crippen LogP contribution in [-0.2, 0) is 11.3 Å². The monoisotopic (exact) mass is 305 g/mol. The van der Waals surface area contributed by atoms with Gasteiger partial charge < -0.3 is 15.4 Å². The Labute approximate surface area is 108 Å². The molecule has 2 N–H and O–H groups in total. The second-order valence-electron chi connectivity index (χ2n) is 3.05. The average Bonchev–Trinajstić information content (AvgIpc) is 2.69. The minimum atomic E-state index is 0.672. The molecule has 90 valence electrons. The van der Waals surface area contributed by atoms with E-state index in [1.807, 2.05) is 6.07 Å². The van der Waals surface area contributed by atoms with Crippen molar-refractivity contribution in [1.29, 1.82) is 0 Å². The van der Waals surface area contributed by atoms with Gasteiger partial charge in [-0.2, -0.15) is 0 Å². The summed E-state index contributed by atoms with van der Waals surface area (Å²) in [7, 11) is 3.44. The first-order valence-corrected chi connectivity index (χ1v) is 6.55. The summed E-state index contributed by atoms with van der Waals surface area (Å²) in [6, 6.07) is 4.13. The Hall–Kier alpha value is -0.590. The molecule has 6 heteroatoms. The number of methoxy groups -OCH3 is 1. The van der Waals surface area contributed by atoms with Gasteiger partial charge in [0.25, 0.3) is 0 Å². The summed E-state index contributed by atoms with van der Waals surface area (Å²) in [6.45, 7) is 2.21. The number of aliphatic imine (C=N–C) groups is 1. The molecule has 0 saturated heterocycles. The van der Waals surface area contributed by atoms with E-state index in [0.717, 1.165) is 22.8 Å². The normalized spacial score (nSPS) is 11.6. The van der Waals surface area contributed by atoms with E-state index in [-0.39, 0.29) is 0 Å². The number of nitrogens with zero attached hydrogens (tertiary/aromatic N) is 1. The van der Waals surface area contributed by atoms with Gasteiger partial charge in [-0.3, -0.25) is 4.99 Å². The zero-order valence-electron chi connectivity index (χ0n) is 9.42. The minimum absolute atomic E-state index is 0.672. The van der Waals surface area contributed by atoms with Crippen molar-refractivity contribution in [3.63, 3.8) is 0 Å². The van der Waals surface area contributed by atoms with Crippen LogP contribution in [0.5, 0.6) is 0 Å². The second kappa shape index (κ2) is 7.65. The van der Waals surface area contributed by atoms with E-state index in [9.17, 15) is 0 Å². The number of nitrogens with one attached hydrogen (secondary N) is 2. The molecule has 4 nitrogen and oxygen atoms in total. The van der Waals surface area contributed by atoms with Gasteiger partial charge in [-0.05, 0) is 28.1 Å². The van der Waals surface area contributed by atoms with Crippen LogP contribution in [0, 0.1) is 0 Å². The van der Waals surface area contributed by atoms with E-state index >= 15 is 0 Å². The Balaban J connectivity index is 2.29. The van der Waals surface area contributed by atoms with Crippen LogP contribution in [0.3, 0.4) is 0 Å². The zero-order valence-corrected chi connectivity index (χ0v) is 11.8. The molecule has 1 aromatic heterocycles. The van der Waals surface area contributed by atoms with Crippen molar-refractivity contribution in [2.75, 3.05) is 27.3 Å². The lowest BCUT2D eigenvalue weighted by atomic mass is 10.5. The highest BCUT2D eigenvalue weighted by Gasteiger charge is 1.99. The molecule has 0 aliphatic carbocycles. The molecule has 0 fully saturated rings. The van der Waals surface area contributed by atoms with Gasteiger partial charge in [0.2, 0.25) is 0 Å². The Morgan fingerprint density at radius 1 is 1.50 bits per heavy atom. The zero-order chi connectivity index (χ0) is 11.8. The lowest BCUT2D eigenvalue weighted by Crippen LogP contribution is -2.38. The molecule has 0 atom stereocenters. The number of hydrogen-bond acceptors (Lipinski definition) is 3. The van der Waals surface area contributed by atoms with Crippen LogP contribution in [0.1, 0.15) is 4.88 Å². The highest BCUT2D eigenvalue weighted by molar-refractivity contribution is 9.11. The Morgan fingerprint density at radius 2 is 2.31 bits per heavy atom. The first-order chi connectivity index (χ1) is 7.76. The Morgan fingerprint density at radius 3 is 2.88 bits per heavy atom. The maximum Gasteiger partial charge on any atom is 0.191 e. The number of thiophene rings is 1. The highest BCUT2D eigenvalue weighted by atomic mass is 79.9. The third-order valence-corrected chi connectivity index (χ3v) is 3.50. The lowest BCUT2D eigenvalue weighted by molar-refractivity contribution is 0.203. The summed E-state index contributed by atoms with van der Waals surface area (Å²) in [5.41, 5.74) is 0. The minimum Gasteiger partial charge on any atom is -0.383 e. The molecule has 0 aliphatic rings. The topological polar surface area (TPSA) is 45.7 Å². The fourth-order valence-corrected chi connectivity index (χ4v) is 2.53. The van der Waals surface area contributed by atoms with Crippen LogP contribution in [0.25, 0.3) is 0 Å². The molecule has 1 aromatic rings. The predicted molar refractivity (Wildman–Crippen MR) is 72.1 cm³/mol. The van der Waals surface area contributed by atoms with Crippen LogP contribution >= 0.6 is 27.3 Å². The summed E-state index contributed by atoms with van der Waals surface area (Å²) >= 11 is 5.15. The SMILES string of the molecule is CN=C(NCCOC)NCc1ccc(Br)s1. The number of halogens is 1. The summed E-state index contributed by atoms with van der Waals surface area (Å²) in [5.74, 6) is 0.793. The number of ether oxygens (including phenoxy) is 1. The van der Waals surface area contributed by atoms with Gasteiger partial charge in [0.15, 0.2) is 5.96 Å². The molecule has 0 bridgehead atoms. The van der Waals surface area contributed by atoms with Crippen molar-refractivity contribution in [1.82, 2.24) is 10.6 Å². The summed E-state index contributed by atoms with van der Waals surface area (Å²) in [5, 5.41) is 6.39. The fourth-order valence-electron chi connectivity index (χ4n) is 1.11. The molecule has 16 heavy (non-hydrogen) atoms. The molecule has 0 amide bonds. The van der Waals surface area contributed by atoms with Crippen LogP contribution in [0.4, 0.5) is 0 Å². The van der Waals surface area contributed by atoms with E-state index in [1.54, 1.807) is 25.5 Å². The van der Waals surface area contributed by atoms with Crippen LogP contribution in [0.15, 0.2) is 20.9 Å². The van der Waals surface area contributed by atoms with Crippen molar-refractivity contribution in [2.45, 2.75) is 6.54 Å². The van der Waals surface area contributed by atoms with Crippen LogP contribution in [-0.4, -0.2) is 33.3 Å². The molecule has 1 heterocycles. The molecule has 0 aromatic carbocycles. The van der Waals surface area contributed by atoms with Gasteiger partial charge in [0.05, 0.1) is 16.9 Å². The predicted octanol–water partition coefficient (Wildman–Crippen LogP) is 1.82. The molecule has 0 spiro atoms. The van der Waals surface area contributed by atoms with Crippen molar-refractivity contribution in [2.24, 2.45) is 4.99 Å². The van der Waals surface area contributed by atoms with Crippen LogP contribution in [0.2, 0.25) is 0 Å². The molecule has 0 radical (unpaired) electrons. The summed E-state index contributed by atoms with van der Waals surface area (Å²) in [6.07, 6.45) is 0. The van der Waals surface area contributed by atoms with Gasteiger partial charge in [0.1, 0.15) is 0 Å². The van der Waals surface area contributed by atoms with Gasteiger partial charge >= 0.3 is 0 Å². The highest BCUT2D eigenvalue weighted by Crippen LogP contribution is 2.21. The van der Waals surface area contributed by atoms with E-state index in [2.05, 4.69) is 37.6 Å². The first kappa shape index (κ1) is 13.5. The smallest absolute Gasteiger partial charge is 0.191 e. The standard InChI is InChI=1S/C10H16BrN3OS/c1-12-10(13-5-6-15-2)14-7-8-3-4-9(11)16-8/h3-4H,5-7H2,1-2H3,(H2,12,13,14). The number of hydrogen-bond donors (Lipinski definition) is 2. The molecule has 0 unspecified atom stereocenters. The van der Waals surface area contributed by atoms with Gasteiger partial charge in [-0.15, -0.1) is 11.3 Å². The van der Waals surface area contributed by atoms with Gasteiger partial charge in [-0.1, -0.05) is 0 Å². The summed E-state index contributed by atoms with van der Waals surface area (Å²) < 4.78 is 6.10. The van der Waals surface area contributed by atoms with Crippen molar-refractivity contribution >= 4 is 33.2 Å². The molecule has 0 aliphatic heterocycles. The number of guanidine groups is 1. The third kappa shape index (κ3) is 4.96. The second-order valence-corrected chi connectivity index (χ2v) is 5.60. The van der Waals surface area contributed by atoms with Gasteiger partial charge in [0, 0.05) is 25.6 Å². The molecular weight excluding hydrogens is 290 g/mol. The average molecular weight is 306 g/mol. The maximum absolute atomic E-state index is 4.95. The van der Waals surface area contributed by atoms with E-state index < -0.39 is 0 Å². The number of rotatable bonds is 5. The van der Waals surface area contributed by atoms with Crippen molar-refractivity contribution in [3.8, 4) is 0 Å². The summed E-state index contributed by atoms with van der Waals surface area (Å²) in [4.78, 5) is 5.38. The van der Waals surface area contributed by atoms with Gasteiger partial charge in [-0.25, -0.2) is 0 Å². The molecule has 0 saturated carbocycles. The van der Waals surface area contributed by atoms with Crippen molar-refractivity contribution in [3.05, 3.63) is 20.8 Å². The van der Waals surface area contributed by atoms with E-state index in [1.165, 1.54) is 4.88 Å². The largest absolute Gasteiger partial charge is 0.383 e. The van der Waals surface area contributed by atoms with Crippen LogP contribution < -0.4 is 10.6 Å². The maximum atomic E-state index is 4.95. The fraction of sp³-hybridized carbons (Fsp3) is 0.500. The lowest BCUT2D eigenvalue weighted by Gasteiger charge is -2.10. The Bertz CT molecular complexity index is 341. The molecular formula is C10H16BrN3OS. The van der Waals surface area contributed by atoms with Crippen molar-refractivity contribution < 1.29 is 4.74 Å². The quantitative estimate of drug-likeness (QED) is 0.495. The molecule has 1 rings (SSSR count). The third-order valence-electron chi connectivity index (χ3n) is 1.88.